The summed E-state index contributed by atoms with van der Waals surface area (Å²) in [6.45, 7) is 2.91. The number of ether oxygens (including phenoxy) is 5. The number of rotatable bonds is 14. The Morgan fingerprint density at radius 2 is 1.53 bits per heavy atom. The molecular formula is C36H44N4O7. The first-order valence-electron chi connectivity index (χ1n) is 15.8. The number of likely N-dealkylation sites (tertiary alicyclic amines) is 1. The monoisotopic (exact) mass is 644 g/mol. The number of amides is 1. The van der Waals surface area contributed by atoms with Crippen LogP contribution in [-0.2, 0) is 0 Å². The lowest BCUT2D eigenvalue weighted by Crippen LogP contribution is -2.38. The van der Waals surface area contributed by atoms with Crippen molar-refractivity contribution < 1.29 is 33.3 Å². The second-order valence-corrected chi connectivity index (χ2v) is 11.8. The molecule has 0 spiro atoms. The van der Waals surface area contributed by atoms with E-state index in [1.54, 1.807) is 38.3 Å². The smallest absolute Gasteiger partial charge is 0.253 e. The predicted octanol–water partition coefficient (Wildman–Crippen LogP) is 5.45. The van der Waals surface area contributed by atoms with Crippen LogP contribution in [0.1, 0.15) is 51.7 Å². The minimum atomic E-state index is -0.167. The molecule has 1 amide bonds. The zero-order valence-electron chi connectivity index (χ0n) is 28.0. The lowest BCUT2D eigenvalue weighted by Gasteiger charge is -2.33. The van der Waals surface area contributed by atoms with Gasteiger partial charge in [0, 0.05) is 31.0 Å². The highest BCUT2D eigenvalue weighted by Gasteiger charge is 2.29. The Kier molecular flexibility index (Phi) is 10.9. The molecule has 47 heavy (non-hydrogen) atoms. The molecule has 250 valence electrons. The van der Waals surface area contributed by atoms with Gasteiger partial charge in [-0.2, -0.15) is 0 Å². The fourth-order valence-corrected chi connectivity index (χ4v) is 6.33. The molecule has 0 saturated carbocycles. The molecule has 2 heterocycles. The molecule has 1 unspecified atom stereocenters. The zero-order valence-corrected chi connectivity index (χ0v) is 28.0. The number of carbonyl (C=O) groups excluding carboxylic acids is 2. The van der Waals surface area contributed by atoms with Gasteiger partial charge in [-0.05, 0) is 80.9 Å². The third-order valence-corrected chi connectivity index (χ3v) is 9.01. The number of benzene rings is 3. The predicted molar refractivity (Wildman–Crippen MR) is 180 cm³/mol. The van der Waals surface area contributed by atoms with Gasteiger partial charge >= 0.3 is 0 Å². The number of aromatic nitrogens is 2. The van der Waals surface area contributed by atoms with E-state index in [1.165, 1.54) is 21.3 Å². The first-order valence-corrected chi connectivity index (χ1v) is 15.8. The summed E-state index contributed by atoms with van der Waals surface area (Å²) < 4.78 is 27.5. The Bertz CT molecular complexity index is 1640. The molecule has 1 aliphatic heterocycles. The summed E-state index contributed by atoms with van der Waals surface area (Å²) in [6, 6.07) is 17.0. The van der Waals surface area contributed by atoms with E-state index in [0.717, 1.165) is 55.5 Å². The average Bonchev–Trinajstić information content (AvgIpc) is 3.56. The van der Waals surface area contributed by atoms with Gasteiger partial charge in [0.1, 0.15) is 0 Å². The zero-order chi connectivity index (χ0) is 33.5. The lowest BCUT2D eigenvalue weighted by atomic mass is 9.90. The molecule has 1 aromatic heterocycles. The van der Waals surface area contributed by atoms with Crippen LogP contribution < -0.4 is 23.7 Å². The van der Waals surface area contributed by atoms with Crippen molar-refractivity contribution in [2.75, 3.05) is 68.8 Å². The summed E-state index contributed by atoms with van der Waals surface area (Å²) in [5.41, 5.74) is 3.16. The highest BCUT2D eigenvalue weighted by atomic mass is 16.5. The molecule has 4 aromatic rings. The number of hydrogen-bond donors (Lipinski definition) is 1. The first-order chi connectivity index (χ1) is 22.8. The molecule has 0 bridgehead atoms. The van der Waals surface area contributed by atoms with E-state index in [2.05, 4.69) is 14.9 Å². The SMILES string of the molecule is COc1ccc(C(CCN2CCC(C(=O)c3nc4ccccc4[nH]3)CC2)CN(C)C(=O)c2cc(OC)c(OC)c(OC)c2)cc1OC. The van der Waals surface area contributed by atoms with Crippen molar-refractivity contribution >= 4 is 22.7 Å². The number of Topliss-reactive ketones (excluding diaryl/α,β-unsaturated/α-hetero) is 1. The third-order valence-electron chi connectivity index (χ3n) is 9.01. The molecule has 1 aliphatic rings. The van der Waals surface area contributed by atoms with Crippen LogP contribution >= 0.6 is 0 Å². The van der Waals surface area contributed by atoms with Crippen LogP contribution in [0.25, 0.3) is 11.0 Å². The van der Waals surface area contributed by atoms with Gasteiger partial charge in [-0.25, -0.2) is 4.98 Å². The molecule has 1 saturated heterocycles. The number of hydrogen-bond acceptors (Lipinski definition) is 9. The van der Waals surface area contributed by atoms with Gasteiger partial charge in [0.05, 0.1) is 46.6 Å². The van der Waals surface area contributed by atoms with E-state index in [-0.39, 0.29) is 23.5 Å². The molecule has 0 aliphatic carbocycles. The summed E-state index contributed by atoms with van der Waals surface area (Å²) in [4.78, 5) is 38.8. The van der Waals surface area contributed by atoms with E-state index in [1.807, 2.05) is 42.5 Å². The van der Waals surface area contributed by atoms with Gasteiger partial charge in [-0.1, -0.05) is 18.2 Å². The Hall–Kier alpha value is -4.77. The Morgan fingerprint density at radius 3 is 2.15 bits per heavy atom. The highest BCUT2D eigenvalue weighted by molar-refractivity contribution is 5.97. The number of nitrogens with zero attached hydrogens (tertiary/aromatic N) is 3. The van der Waals surface area contributed by atoms with Crippen molar-refractivity contribution in [3.63, 3.8) is 0 Å². The summed E-state index contributed by atoms with van der Waals surface area (Å²) in [6.07, 6.45) is 2.34. The van der Waals surface area contributed by atoms with Crippen LogP contribution in [0.4, 0.5) is 0 Å². The number of piperidine rings is 1. The van der Waals surface area contributed by atoms with Gasteiger partial charge in [0.2, 0.25) is 11.5 Å². The Morgan fingerprint density at radius 1 is 0.872 bits per heavy atom. The first kappa shape index (κ1) is 33.6. The van der Waals surface area contributed by atoms with Crippen molar-refractivity contribution in [1.29, 1.82) is 0 Å². The van der Waals surface area contributed by atoms with Gasteiger partial charge in [0.15, 0.2) is 28.8 Å². The molecule has 3 aromatic carbocycles. The number of imidazole rings is 1. The number of likely N-dealkylation sites (N-methyl/N-ethyl adjacent to an activating group) is 1. The van der Waals surface area contributed by atoms with Gasteiger partial charge in [-0.15, -0.1) is 0 Å². The third kappa shape index (κ3) is 7.46. The molecule has 11 nitrogen and oxygen atoms in total. The average molecular weight is 645 g/mol. The van der Waals surface area contributed by atoms with Crippen molar-refractivity contribution in [2.45, 2.75) is 25.2 Å². The molecule has 1 fully saturated rings. The number of methoxy groups -OCH3 is 5. The maximum atomic E-state index is 13.7. The molecule has 11 heteroatoms. The topological polar surface area (TPSA) is 115 Å². The van der Waals surface area contributed by atoms with Crippen molar-refractivity contribution in [1.82, 2.24) is 19.8 Å². The second-order valence-electron chi connectivity index (χ2n) is 11.8. The summed E-state index contributed by atoms with van der Waals surface area (Å²) in [7, 11) is 9.62. The molecule has 1 atom stereocenters. The van der Waals surface area contributed by atoms with Crippen LogP contribution in [0.15, 0.2) is 54.6 Å². The van der Waals surface area contributed by atoms with Gasteiger partial charge < -0.3 is 38.5 Å². The lowest BCUT2D eigenvalue weighted by molar-refractivity contribution is 0.0778. The van der Waals surface area contributed by atoms with Crippen LogP contribution in [0, 0.1) is 5.92 Å². The standard InChI is InChI=1S/C36H44N4O7/c1-39(36(42)26-20-31(45-4)34(47-6)32(21-26)46-5)22-25(24-11-12-29(43-2)30(19-24)44-3)15-18-40-16-13-23(14-17-40)33(41)35-37-27-9-7-8-10-28(27)38-35/h7-12,19-21,23,25H,13-18,22H2,1-6H3,(H,37,38). The van der Waals surface area contributed by atoms with E-state index in [9.17, 15) is 9.59 Å². The van der Waals surface area contributed by atoms with Crippen molar-refractivity contribution in [3.05, 3.63) is 71.5 Å². The number of fused-ring (bicyclic) bond motifs is 1. The molecule has 0 radical (unpaired) electrons. The fourth-order valence-electron chi connectivity index (χ4n) is 6.33. The second kappa shape index (κ2) is 15.2. The van der Waals surface area contributed by atoms with E-state index in [4.69, 9.17) is 23.7 Å². The number of nitrogens with one attached hydrogen (secondary N) is 1. The number of H-pyrrole nitrogens is 1. The van der Waals surface area contributed by atoms with E-state index < -0.39 is 0 Å². The number of aromatic amines is 1. The minimum Gasteiger partial charge on any atom is -0.493 e. The summed E-state index contributed by atoms with van der Waals surface area (Å²) >= 11 is 0. The maximum Gasteiger partial charge on any atom is 0.253 e. The fraction of sp³-hybridized carbons (Fsp3) is 0.417. The minimum absolute atomic E-state index is 0.000648. The Balaban J connectivity index is 1.28. The largest absolute Gasteiger partial charge is 0.493 e. The normalized spacial score (nSPS) is 14.4. The number of para-hydroxylation sites is 2. The van der Waals surface area contributed by atoms with E-state index in [0.29, 0.717) is 46.7 Å². The Labute approximate surface area is 275 Å². The number of carbonyl (C=O) groups is 2. The summed E-state index contributed by atoms with van der Waals surface area (Å²) in [5.74, 6) is 2.85. The van der Waals surface area contributed by atoms with Crippen LogP contribution in [0.5, 0.6) is 28.7 Å². The van der Waals surface area contributed by atoms with E-state index >= 15 is 0 Å². The summed E-state index contributed by atoms with van der Waals surface area (Å²) in [5, 5.41) is 0. The molecule has 1 N–H and O–H groups in total. The molecule has 5 rings (SSSR count). The van der Waals surface area contributed by atoms with Crippen LogP contribution in [0.2, 0.25) is 0 Å². The van der Waals surface area contributed by atoms with Gasteiger partial charge in [0.25, 0.3) is 5.91 Å². The number of ketones is 1. The quantitative estimate of drug-likeness (QED) is 0.179. The highest BCUT2D eigenvalue weighted by Crippen LogP contribution is 2.39. The van der Waals surface area contributed by atoms with Crippen LogP contribution in [0.3, 0.4) is 0 Å². The maximum absolute atomic E-state index is 13.7. The van der Waals surface area contributed by atoms with Crippen molar-refractivity contribution in [2.24, 2.45) is 5.92 Å². The van der Waals surface area contributed by atoms with Crippen LogP contribution in [-0.4, -0.2) is 100 Å². The van der Waals surface area contributed by atoms with Crippen molar-refractivity contribution in [3.8, 4) is 28.7 Å². The van der Waals surface area contributed by atoms with Gasteiger partial charge in [-0.3, -0.25) is 9.59 Å². The molecular weight excluding hydrogens is 600 g/mol.